The van der Waals surface area contributed by atoms with Gasteiger partial charge < -0.3 is 64.3 Å². The average Bonchev–Trinajstić information content (AvgIpc) is 3.59. The lowest BCUT2D eigenvalue weighted by molar-refractivity contribution is -0.331. The summed E-state index contributed by atoms with van der Waals surface area (Å²) in [4.78, 5) is 77.2. The highest BCUT2D eigenvalue weighted by Gasteiger charge is 2.54. The van der Waals surface area contributed by atoms with Gasteiger partial charge in [-0.15, -0.1) is 0 Å². The molecule has 6 amide bonds. The summed E-state index contributed by atoms with van der Waals surface area (Å²) in [6.45, 7) is 0.785. The van der Waals surface area contributed by atoms with E-state index in [2.05, 4.69) is 44.9 Å². The molecular weight excluding hydrogens is 1100 g/mol. The zero-order chi connectivity index (χ0) is 52.7. The van der Waals surface area contributed by atoms with Crippen LogP contribution in [0.25, 0.3) is 0 Å². The van der Waals surface area contributed by atoms with E-state index in [1.54, 1.807) is 30.1 Å². The van der Waals surface area contributed by atoms with Crippen LogP contribution in [-0.4, -0.2) is 225 Å². The van der Waals surface area contributed by atoms with E-state index in [4.69, 9.17) is 26.0 Å². The van der Waals surface area contributed by atoms with Crippen molar-refractivity contribution >= 4 is 84.5 Å². The summed E-state index contributed by atoms with van der Waals surface area (Å²) in [7, 11) is 8.42. The Morgan fingerprint density at radius 3 is 1.35 bits per heavy atom. The first kappa shape index (κ1) is 64.6. The van der Waals surface area contributed by atoms with Crippen molar-refractivity contribution in [2.45, 2.75) is 83.9 Å². The van der Waals surface area contributed by atoms with Crippen LogP contribution < -0.4 is 11.5 Å². The molecule has 4 heterocycles. The van der Waals surface area contributed by atoms with Gasteiger partial charge in [0.25, 0.3) is 0 Å². The van der Waals surface area contributed by atoms with Crippen molar-refractivity contribution in [2.75, 3.05) is 95.4 Å². The molecule has 4 rings (SSSR count). The molecule has 4 atom stereocenters. The van der Waals surface area contributed by atoms with Gasteiger partial charge in [-0.2, -0.15) is 36.2 Å². The van der Waals surface area contributed by atoms with Gasteiger partial charge >= 0.3 is 45.0 Å². The van der Waals surface area contributed by atoms with Gasteiger partial charge in [0, 0.05) is 87.6 Å². The number of hydroxylamine groups is 4. The van der Waals surface area contributed by atoms with Crippen molar-refractivity contribution in [1.82, 2.24) is 19.9 Å². The third-order valence-corrected chi connectivity index (χ3v) is 10.1. The molecule has 0 aliphatic carbocycles. The molecule has 0 unspecified atom stereocenters. The first-order valence-corrected chi connectivity index (χ1v) is 21.4. The number of hydrogen-bond donors (Lipinski definition) is 4. The van der Waals surface area contributed by atoms with Crippen molar-refractivity contribution in [1.29, 1.82) is 0 Å². The second-order valence-electron chi connectivity index (χ2n) is 14.2. The molecule has 68 heavy (non-hydrogen) atoms. The summed E-state index contributed by atoms with van der Waals surface area (Å²) in [5, 5.41) is 17.5. The largest absolute Gasteiger partial charge is 0.477 e. The summed E-state index contributed by atoms with van der Waals surface area (Å²) < 4.78 is 113. The number of alkyl halides is 8. The Balaban J connectivity index is 0.000000907. The highest BCUT2D eigenvalue weighted by Crippen LogP contribution is 2.34. The number of fused-ring (bicyclic) bond motifs is 4. The van der Waals surface area contributed by atoms with Gasteiger partial charge in [0.15, 0.2) is 0 Å². The zero-order valence-electron chi connectivity index (χ0n) is 37.3. The van der Waals surface area contributed by atoms with Crippen LogP contribution in [0, 0.1) is 0 Å². The molecule has 4 saturated heterocycles. The molecule has 0 aromatic carbocycles. The Morgan fingerprint density at radius 1 is 0.647 bits per heavy atom. The predicted molar refractivity (Wildman–Crippen MR) is 223 cm³/mol. The van der Waals surface area contributed by atoms with Crippen LogP contribution in [0.4, 0.5) is 35.9 Å². The number of urea groups is 2. The monoisotopic (exact) mass is 1150 g/mol. The lowest BCUT2D eigenvalue weighted by atomic mass is 10.0. The predicted octanol–water partition coefficient (Wildman–Crippen LogP) is 1.16. The Labute approximate surface area is 407 Å². The number of amides is 6. The van der Waals surface area contributed by atoms with E-state index in [9.17, 15) is 65.1 Å². The van der Waals surface area contributed by atoms with E-state index in [0.29, 0.717) is 42.7 Å². The topological polar surface area (TPSA) is 308 Å². The van der Waals surface area contributed by atoms with Crippen LogP contribution in [0.15, 0.2) is 0 Å². The SMILES string of the molecule is COCC(COC)OC(=O)C(F)(F)Br.COCC(COC)OC(=O)C(F)(F)ON1C(=O)N2C[C@H]1CC[C@H]2C(N)=O.COCC(O)COC.NC(=O)[C@@H]1CC[C@@H]2CN1C(=O)N2O.O=C(Cl)C(F)(F)Br. The summed E-state index contributed by atoms with van der Waals surface area (Å²) in [5.74, 6) is -4.86. The standard InChI is InChI=1S/C14H21F2N3O7.C7H11BrF2O4.C7H11N3O3.C5H12O3.C2BrClF2O/c1-23-6-9(7-24-2)25-12(21)14(15,16)26-19-8-3-4-10(11(17)20)18(5-8)13(19)22;1-12-3-5(4-13-2)14-6(11)7(8,9)10;8-6(11)5-2-1-4-3-9(5)7(12)10(4)13;1-7-3-5(6)4-8-2;3-2(5,6)1(4)7/h8-10H,3-7H2,1-2H3,(H2,17,20);5H,3-4H2,1-2H3;4-5,13H,1-3H2,(H2,8,11);5-6H,3-4H2,1-2H3;/t8-,10+;;4-,5+;;/m1.1../s1. The van der Waals surface area contributed by atoms with Crippen molar-refractivity contribution in [3.63, 3.8) is 0 Å². The van der Waals surface area contributed by atoms with Gasteiger partial charge in [0.1, 0.15) is 30.4 Å². The van der Waals surface area contributed by atoms with Crippen LogP contribution in [-0.2, 0) is 66.7 Å². The molecule has 4 bridgehead atoms. The van der Waals surface area contributed by atoms with E-state index in [1.807, 2.05) is 15.9 Å². The number of nitrogens with two attached hydrogens (primary N) is 2. The molecule has 0 aromatic rings. The lowest BCUT2D eigenvalue weighted by Gasteiger charge is -2.28. The van der Waals surface area contributed by atoms with E-state index in [1.165, 1.54) is 33.3 Å². The summed E-state index contributed by atoms with van der Waals surface area (Å²) in [6, 6.07) is -3.77. The van der Waals surface area contributed by atoms with E-state index in [-0.39, 0.29) is 51.9 Å². The molecule has 4 aliphatic rings. The van der Waals surface area contributed by atoms with Gasteiger partial charge in [0.2, 0.25) is 11.8 Å². The maximum atomic E-state index is 14.1. The van der Waals surface area contributed by atoms with Gasteiger partial charge in [-0.25, -0.2) is 24.2 Å². The maximum Gasteiger partial charge on any atom is 0.477 e. The summed E-state index contributed by atoms with van der Waals surface area (Å²) >= 11 is 7.93. The minimum atomic E-state index is -4.41. The first-order chi connectivity index (χ1) is 31.5. The quantitative estimate of drug-likeness (QED) is 0.0412. The van der Waals surface area contributed by atoms with E-state index >= 15 is 0 Å². The fourth-order valence-electron chi connectivity index (χ4n) is 6.00. The third kappa shape index (κ3) is 22.1. The van der Waals surface area contributed by atoms with Crippen LogP contribution in [0.5, 0.6) is 0 Å². The van der Waals surface area contributed by atoms with Crippen molar-refractivity contribution in [2.24, 2.45) is 11.5 Å². The molecule has 0 saturated carbocycles. The third-order valence-electron chi connectivity index (χ3n) is 8.90. The van der Waals surface area contributed by atoms with Crippen molar-refractivity contribution in [3.8, 4) is 0 Å². The molecule has 0 aromatic heterocycles. The smallest absolute Gasteiger partial charge is 0.452 e. The van der Waals surface area contributed by atoms with Gasteiger partial charge in [0.05, 0.1) is 51.7 Å². The number of hydrogen-bond acceptors (Lipinski definition) is 18. The van der Waals surface area contributed by atoms with Gasteiger partial charge in [-0.1, -0.05) is 0 Å². The van der Waals surface area contributed by atoms with E-state index < -0.39 is 93.3 Å². The second-order valence-corrected chi connectivity index (χ2v) is 16.5. The Bertz CT molecular complexity index is 1620. The van der Waals surface area contributed by atoms with Crippen molar-refractivity contribution < 1.29 is 113 Å². The highest BCUT2D eigenvalue weighted by atomic mass is 79.9. The molecule has 4 aliphatic heterocycles. The van der Waals surface area contributed by atoms with Crippen molar-refractivity contribution in [3.05, 3.63) is 0 Å². The van der Waals surface area contributed by atoms with Gasteiger partial charge in [-0.3, -0.25) is 19.6 Å². The number of carbonyl (C=O) groups excluding carboxylic acids is 7. The normalized spacial score (nSPS) is 19.8. The Hall–Kier alpha value is -3.44. The number of halogens is 9. The molecule has 6 N–H and O–H groups in total. The molecule has 24 nitrogen and oxygen atoms in total. The molecule has 396 valence electrons. The molecule has 0 radical (unpaired) electrons. The lowest BCUT2D eigenvalue weighted by Crippen LogP contribution is -2.48. The molecule has 0 spiro atoms. The number of methoxy groups -OCH3 is 6. The maximum absolute atomic E-state index is 14.1. The van der Waals surface area contributed by atoms with Crippen LogP contribution in [0.1, 0.15) is 25.7 Å². The number of aliphatic hydroxyl groups excluding tert-OH is 1. The molecule has 33 heteroatoms. The number of rotatable bonds is 21. The number of esters is 2. The Morgan fingerprint density at radius 2 is 1.00 bits per heavy atom. The number of piperidine rings is 2. The number of primary amides is 2. The fourth-order valence-corrected chi connectivity index (χ4v) is 6.09. The number of nitrogens with zero attached hydrogens (tertiary/aromatic N) is 4. The van der Waals surface area contributed by atoms with Crippen LogP contribution in [0.2, 0.25) is 0 Å². The number of carbonyl (C=O) groups is 7. The second kappa shape index (κ2) is 31.0. The summed E-state index contributed by atoms with van der Waals surface area (Å²) in [5.41, 5.74) is 10.3. The van der Waals surface area contributed by atoms with E-state index in [0.717, 1.165) is 4.90 Å². The van der Waals surface area contributed by atoms with Gasteiger partial charge in [-0.05, 0) is 37.3 Å². The first-order valence-electron chi connectivity index (χ1n) is 19.4. The Kier molecular flexibility index (Phi) is 29.4. The summed E-state index contributed by atoms with van der Waals surface area (Å²) in [6.07, 6.45) is -5.15. The number of ether oxygens (including phenoxy) is 8. The molecule has 4 fully saturated rings. The average molecular weight is 1160 g/mol. The van der Waals surface area contributed by atoms with Crippen LogP contribution >= 0.6 is 43.5 Å². The minimum Gasteiger partial charge on any atom is -0.452 e. The minimum absolute atomic E-state index is 0.00264. The zero-order valence-corrected chi connectivity index (χ0v) is 41.2. The van der Waals surface area contributed by atoms with Crippen LogP contribution in [0.3, 0.4) is 0 Å². The fraction of sp³-hybridized carbons (Fsp3) is 0.800. The molecular formula is C35H55Br2ClF6N6O18. The number of aliphatic hydroxyl groups is 1. The highest BCUT2D eigenvalue weighted by molar-refractivity contribution is 9.10.